The summed E-state index contributed by atoms with van der Waals surface area (Å²) in [5.74, 6) is 0.256. The van der Waals surface area contributed by atoms with Crippen LogP contribution in [0, 0.1) is 0 Å². The number of carbonyl (C=O) groups is 2. The van der Waals surface area contributed by atoms with Gasteiger partial charge in [-0.1, -0.05) is 12.1 Å². The quantitative estimate of drug-likeness (QED) is 0.800. The molecular formula is C13H15NO4S. The van der Waals surface area contributed by atoms with Crippen molar-refractivity contribution in [3.63, 3.8) is 0 Å². The Balaban J connectivity index is 1.80. The van der Waals surface area contributed by atoms with Gasteiger partial charge >= 0.3 is 5.97 Å². The Kier molecular flexibility index (Phi) is 4.68. The number of para-hydroxylation sites is 1. The number of benzene rings is 1. The smallest absolute Gasteiger partial charge is 0.303 e. The first kappa shape index (κ1) is 13.7. The molecule has 6 heteroatoms. The van der Waals surface area contributed by atoms with Crippen LogP contribution in [-0.4, -0.2) is 35.4 Å². The molecule has 1 heterocycles. The van der Waals surface area contributed by atoms with Gasteiger partial charge in [-0.15, -0.1) is 11.8 Å². The molecule has 0 bridgehead atoms. The number of rotatable bonds is 5. The maximum Gasteiger partial charge on any atom is 0.303 e. The molecule has 1 aromatic carbocycles. The molecule has 0 spiro atoms. The van der Waals surface area contributed by atoms with E-state index in [2.05, 4.69) is 5.32 Å². The Morgan fingerprint density at radius 2 is 2.21 bits per heavy atom. The molecule has 0 saturated carbocycles. The van der Waals surface area contributed by atoms with Crippen LogP contribution in [0.1, 0.15) is 12.8 Å². The van der Waals surface area contributed by atoms with Gasteiger partial charge in [0.05, 0.1) is 0 Å². The van der Waals surface area contributed by atoms with Crippen LogP contribution in [0.25, 0.3) is 0 Å². The highest BCUT2D eigenvalue weighted by atomic mass is 32.2. The normalized spacial score (nSPS) is 17.2. The molecule has 1 aliphatic rings. The molecule has 0 radical (unpaired) electrons. The summed E-state index contributed by atoms with van der Waals surface area (Å²) < 4.78 is 5.62. The number of aliphatic carboxylic acids is 1. The van der Waals surface area contributed by atoms with E-state index in [1.54, 1.807) is 11.8 Å². The van der Waals surface area contributed by atoms with Crippen LogP contribution in [0.2, 0.25) is 0 Å². The summed E-state index contributed by atoms with van der Waals surface area (Å²) in [6, 6.07) is 7.60. The summed E-state index contributed by atoms with van der Waals surface area (Å²) >= 11 is 1.59. The number of fused-ring (bicyclic) bond motifs is 1. The highest BCUT2D eigenvalue weighted by molar-refractivity contribution is 7.99. The molecule has 1 aromatic rings. The minimum atomic E-state index is -0.854. The SMILES string of the molecule is O=C(O)CCCNC(=O)C1CSc2ccccc2O1. The summed E-state index contributed by atoms with van der Waals surface area (Å²) in [6.45, 7) is 0.358. The highest BCUT2D eigenvalue weighted by Gasteiger charge is 2.25. The van der Waals surface area contributed by atoms with Crippen LogP contribution in [0.3, 0.4) is 0 Å². The third-order valence-electron chi connectivity index (χ3n) is 2.67. The number of carboxylic acid groups (broad SMARTS) is 1. The Morgan fingerprint density at radius 3 is 3.00 bits per heavy atom. The van der Waals surface area contributed by atoms with Gasteiger partial charge in [-0.3, -0.25) is 9.59 Å². The van der Waals surface area contributed by atoms with Crippen molar-refractivity contribution in [1.82, 2.24) is 5.32 Å². The van der Waals surface area contributed by atoms with Gasteiger partial charge in [0.25, 0.3) is 5.91 Å². The third kappa shape index (κ3) is 3.89. The van der Waals surface area contributed by atoms with Gasteiger partial charge in [0.15, 0.2) is 6.10 Å². The summed E-state index contributed by atoms with van der Waals surface area (Å²) in [7, 11) is 0. The average Bonchev–Trinajstić information content (AvgIpc) is 2.42. The minimum Gasteiger partial charge on any atom is -0.481 e. The van der Waals surface area contributed by atoms with E-state index >= 15 is 0 Å². The summed E-state index contributed by atoms with van der Waals surface area (Å²) in [4.78, 5) is 23.2. The van der Waals surface area contributed by atoms with Crippen LogP contribution >= 0.6 is 11.8 Å². The Bertz CT molecular complexity index is 477. The van der Waals surface area contributed by atoms with Crippen LogP contribution < -0.4 is 10.1 Å². The summed E-state index contributed by atoms with van der Waals surface area (Å²) in [6.07, 6.45) is -0.0225. The number of carboxylic acids is 1. The van der Waals surface area contributed by atoms with E-state index in [0.29, 0.717) is 18.7 Å². The zero-order chi connectivity index (χ0) is 13.7. The first-order valence-corrected chi connectivity index (χ1v) is 7.03. The lowest BCUT2D eigenvalue weighted by molar-refractivity contribution is -0.137. The zero-order valence-electron chi connectivity index (χ0n) is 10.3. The molecule has 5 nitrogen and oxygen atoms in total. The number of thioether (sulfide) groups is 1. The second kappa shape index (κ2) is 6.47. The standard InChI is InChI=1S/C13H15NO4S/c15-12(16)6-3-7-14-13(17)10-8-19-11-5-2-1-4-9(11)18-10/h1-2,4-5,10H,3,6-8H2,(H,14,17)(H,15,16). The Morgan fingerprint density at radius 1 is 1.42 bits per heavy atom. The molecule has 1 amide bonds. The first-order valence-electron chi connectivity index (χ1n) is 6.05. The number of ether oxygens (including phenoxy) is 1. The number of nitrogens with one attached hydrogen (secondary N) is 1. The van der Waals surface area contributed by atoms with Crippen molar-refractivity contribution in [3.05, 3.63) is 24.3 Å². The second-order valence-corrected chi connectivity index (χ2v) is 5.21. The van der Waals surface area contributed by atoms with E-state index in [1.807, 2.05) is 24.3 Å². The van der Waals surface area contributed by atoms with Gasteiger partial charge in [-0.05, 0) is 18.6 Å². The molecule has 1 aliphatic heterocycles. The van der Waals surface area contributed by atoms with Crippen molar-refractivity contribution in [1.29, 1.82) is 0 Å². The number of carbonyl (C=O) groups excluding carboxylic acids is 1. The maximum absolute atomic E-state index is 11.9. The van der Waals surface area contributed by atoms with Crippen LogP contribution in [-0.2, 0) is 9.59 Å². The Labute approximate surface area is 115 Å². The first-order chi connectivity index (χ1) is 9.16. The second-order valence-electron chi connectivity index (χ2n) is 4.15. The van der Waals surface area contributed by atoms with Crippen molar-refractivity contribution < 1.29 is 19.4 Å². The lowest BCUT2D eigenvalue weighted by Gasteiger charge is -2.24. The van der Waals surface area contributed by atoms with Gasteiger partial charge < -0.3 is 15.2 Å². The van der Waals surface area contributed by atoms with Crippen molar-refractivity contribution in [2.75, 3.05) is 12.3 Å². The molecule has 0 aliphatic carbocycles. The Hall–Kier alpha value is -1.69. The van der Waals surface area contributed by atoms with E-state index in [0.717, 1.165) is 10.6 Å². The zero-order valence-corrected chi connectivity index (χ0v) is 11.1. The van der Waals surface area contributed by atoms with E-state index in [4.69, 9.17) is 9.84 Å². The van der Waals surface area contributed by atoms with Gasteiger partial charge in [0.2, 0.25) is 0 Å². The third-order valence-corrected chi connectivity index (χ3v) is 3.79. The molecule has 0 aromatic heterocycles. The minimum absolute atomic E-state index is 0.0589. The largest absolute Gasteiger partial charge is 0.481 e. The van der Waals surface area contributed by atoms with Gasteiger partial charge in [0, 0.05) is 23.6 Å². The van der Waals surface area contributed by atoms with Crippen molar-refractivity contribution in [2.24, 2.45) is 0 Å². The summed E-state index contributed by atoms with van der Waals surface area (Å²) in [5.41, 5.74) is 0. The fourth-order valence-corrected chi connectivity index (χ4v) is 2.70. The van der Waals surface area contributed by atoms with Gasteiger partial charge in [-0.25, -0.2) is 0 Å². The molecule has 19 heavy (non-hydrogen) atoms. The van der Waals surface area contributed by atoms with Crippen LogP contribution in [0.15, 0.2) is 29.2 Å². The molecule has 0 saturated heterocycles. The molecule has 102 valence electrons. The maximum atomic E-state index is 11.9. The molecule has 2 N–H and O–H groups in total. The average molecular weight is 281 g/mol. The number of hydrogen-bond donors (Lipinski definition) is 2. The van der Waals surface area contributed by atoms with E-state index in [9.17, 15) is 9.59 Å². The fourth-order valence-electron chi connectivity index (χ4n) is 1.71. The van der Waals surface area contributed by atoms with E-state index in [-0.39, 0.29) is 12.3 Å². The lowest BCUT2D eigenvalue weighted by Crippen LogP contribution is -2.41. The number of amides is 1. The van der Waals surface area contributed by atoms with E-state index in [1.165, 1.54) is 0 Å². The highest BCUT2D eigenvalue weighted by Crippen LogP contribution is 2.34. The topological polar surface area (TPSA) is 75.6 Å². The lowest BCUT2D eigenvalue weighted by atomic mass is 10.3. The van der Waals surface area contributed by atoms with Crippen molar-refractivity contribution >= 4 is 23.6 Å². The molecule has 1 atom stereocenters. The predicted molar refractivity (Wildman–Crippen MR) is 71.5 cm³/mol. The molecule has 1 unspecified atom stereocenters. The van der Waals surface area contributed by atoms with Crippen LogP contribution in [0.4, 0.5) is 0 Å². The monoisotopic (exact) mass is 281 g/mol. The fraction of sp³-hybridized carbons (Fsp3) is 0.385. The molecule has 2 rings (SSSR count). The molecule has 0 fully saturated rings. The van der Waals surface area contributed by atoms with E-state index < -0.39 is 12.1 Å². The van der Waals surface area contributed by atoms with Gasteiger partial charge in [-0.2, -0.15) is 0 Å². The van der Waals surface area contributed by atoms with Gasteiger partial charge in [0.1, 0.15) is 5.75 Å². The van der Waals surface area contributed by atoms with Crippen LogP contribution in [0.5, 0.6) is 5.75 Å². The van der Waals surface area contributed by atoms with Crippen molar-refractivity contribution in [3.8, 4) is 5.75 Å². The predicted octanol–water partition coefficient (Wildman–Crippen LogP) is 1.52. The summed E-state index contributed by atoms with van der Waals surface area (Å²) in [5, 5.41) is 11.2. The van der Waals surface area contributed by atoms with Crippen molar-refractivity contribution in [2.45, 2.75) is 23.8 Å². The molecular weight excluding hydrogens is 266 g/mol. The number of hydrogen-bond acceptors (Lipinski definition) is 4.